The molecule has 1 atom stereocenters. The van der Waals surface area contributed by atoms with Gasteiger partial charge in [-0.2, -0.15) is 0 Å². The van der Waals surface area contributed by atoms with E-state index in [1.807, 2.05) is 6.07 Å². The third-order valence-electron chi connectivity index (χ3n) is 4.78. The highest BCUT2D eigenvalue weighted by atomic mass is 35.5. The van der Waals surface area contributed by atoms with E-state index in [4.69, 9.17) is 11.6 Å². The molecule has 1 unspecified atom stereocenters. The maximum atomic E-state index is 12.4. The van der Waals surface area contributed by atoms with Crippen LogP contribution in [0.1, 0.15) is 53.4 Å². The van der Waals surface area contributed by atoms with Crippen molar-refractivity contribution in [2.45, 2.75) is 38.1 Å². The van der Waals surface area contributed by atoms with Gasteiger partial charge in [-0.3, -0.25) is 9.59 Å². The average Bonchev–Trinajstić information content (AvgIpc) is 3.34. The fourth-order valence-corrected chi connectivity index (χ4v) is 4.41. The molecule has 4 nitrogen and oxygen atoms in total. The molecule has 1 saturated carbocycles. The molecule has 0 spiro atoms. The quantitative estimate of drug-likeness (QED) is 0.727. The minimum atomic E-state index is -0.194. The van der Waals surface area contributed by atoms with Crippen molar-refractivity contribution in [2.75, 3.05) is 6.54 Å². The Balaban J connectivity index is 1.49. The van der Waals surface area contributed by atoms with Crippen LogP contribution in [0.25, 0.3) is 0 Å². The van der Waals surface area contributed by atoms with Gasteiger partial charge in [0.05, 0.1) is 6.04 Å². The average molecular weight is 391 g/mol. The van der Waals surface area contributed by atoms with Gasteiger partial charge < -0.3 is 10.6 Å². The van der Waals surface area contributed by atoms with Crippen LogP contribution in [-0.2, 0) is 4.79 Å². The molecule has 0 radical (unpaired) electrons. The molecule has 1 aromatic carbocycles. The summed E-state index contributed by atoms with van der Waals surface area (Å²) in [5, 5.41) is 8.61. The van der Waals surface area contributed by atoms with E-state index in [-0.39, 0.29) is 24.3 Å². The van der Waals surface area contributed by atoms with Crippen LogP contribution in [0.3, 0.4) is 0 Å². The summed E-state index contributed by atoms with van der Waals surface area (Å²) in [6.45, 7) is 0.315. The minimum absolute atomic E-state index is 0.0216. The maximum Gasteiger partial charge on any atom is 0.251 e. The van der Waals surface area contributed by atoms with E-state index in [2.05, 4.69) is 22.1 Å². The zero-order chi connectivity index (χ0) is 18.4. The summed E-state index contributed by atoms with van der Waals surface area (Å²) in [6.07, 6.45) is 5.07. The standard InChI is InChI=1S/C20H23ClN2O2S/c21-16-9-7-15(8-10-16)20(25)22-12-11-18(24)23-19(14-4-1-2-5-14)17-6-3-13-26-17/h3,6-10,13-14,19H,1-2,4-5,11-12H2,(H,22,25)(H,23,24). The summed E-state index contributed by atoms with van der Waals surface area (Å²) >= 11 is 7.51. The second kappa shape index (κ2) is 9.19. The van der Waals surface area contributed by atoms with Crippen LogP contribution in [0.4, 0.5) is 0 Å². The molecule has 1 heterocycles. The molecular weight excluding hydrogens is 368 g/mol. The Morgan fingerprint density at radius 2 is 1.88 bits per heavy atom. The van der Waals surface area contributed by atoms with E-state index in [0.717, 1.165) is 12.8 Å². The number of thiophene rings is 1. The molecule has 2 amide bonds. The van der Waals surface area contributed by atoms with Crippen molar-refractivity contribution in [3.8, 4) is 0 Å². The Morgan fingerprint density at radius 3 is 2.54 bits per heavy atom. The lowest BCUT2D eigenvalue weighted by atomic mass is 9.96. The third-order valence-corrected chi connectivity index (χ3v) is 5.99. The molecular formula is C20H23ClN2O2S. The predicted octanol–water partition coefficient (Wildman–Crippen LogP) is 4.57. The molecule has 138 valence electrons. The molecule has 3 rings (SSSR count). The highest BCUT2D eigenvalue weighted by molar-refractivity contribution is 7.10. The van der Waals surface area contributed by atoms with Crippen molar-refractivity contribution in [2.24, 2.45) is 5.92 Å². The van der Waals surface area contributed by atoms with Crippen molar-refractivity contribution < 1.29 is 9.59 Å². The van der Waals surface area contributed by atoms with E-state index in [9.17, 15) is 9.59 Å². The topological polar surface area (TPSA) is 58.2 Å². The summed E-state index contributed by atoms with van der Waals surface area (Å²) in [6, 6.07) is 10.9. The Bertz CT molecular complexity index is 725. The highest BCUT2D eigenvalue weighted by Gasteiger charge is 2.28. The number of nitrogens with one attached hydrogen (secondary N) is 2. The van der Waals surface area contributed by atoms with Gasteiger partial charge in [0, 0.05) is 28.4 Å². The van der Waals surface area contributed by atoms with E-state index >= 15 is 0 Å². The molecule has 1 aromatic heterocycles. The molecule has 1 aliphatic rings. The summed E-state index contributed by atoms with van der Waals surface area (Å²) in [4.78, 5) is 25.7. The van der Waals surface area contributed by atoms with E-state index in [1.54, 1.807) is 35.6 Å². The second-order valence-electron chi connectivity index (χ2n) is 6.62. The van der Waals surface area contributed by atoms with Gasteiger partial charge in [0.15, 0.2) is 0 Å². The van der Waals surface area contributed by atoms with Gasteiger partial charge in [0.1, 0.15) is 0 Å². The van der Waals surface area contributed by atoms with Crippen LogP contribution in [0.5, 0.6) is 0 Å². The van der Waals surface area contributed by atoms with Crippen molar-refractivity contribution in [1.82, 2.24) is 10.6 Å². The lowest BCUT2D eigenvalue weighted by Crippen LogP contribution is -2.35. The number of carbonyl (C=O) groups excluding carboxylic acids is 2. The number of halogens is 1. The first-order valence-electron chi connectivity index (χ1n) is 9.00. The third kappa shape index (κ3) is 5.08. The first-order valence-corrected chi connectivity index (χ1v) is 10.3. The van der Waals surface area contributed by atoms with Crippen LogP contribution in [0.15, 0.2) is 41.8 Å². The molecule has 0 saturated heterocycles. The number of benzene rings is 1. The van der Waals surface area contributed by atoms with Gasteiger partial charge >= 0.3 is 0 Å². The Kier molecular flexibility index (Phi) is 6.69. The fraction of sp³-hybridized carbons (Fsp3) is 0.400. The number of carbonyl (C=O) groups is 2. The molecule has 6 heteroatoms. The summed E-state index contributed by atoms with van der Waals surface area (Å²) < 4.78 is 0. The second-order valence-corrected chi connectivity index (χ2v) is 8.03. The number of hydrogen-bond acceptors (Lipinski definition) is 3. The Morgan fingerprint density at radius 1 is 1.15 bits per heavy atom. The molecule has 26 heavy (non-hydrogen) atoms. The van der Waals surface area contributed by atoms with Crippen molar-refractivity contribution in [3.63, 3.8) is 0 Å². The summed E-state index contributed by atoms with van der Waals surface area (Å²) in [5.74, 6) is 0.299. The predicted molar refractivity (Wildman–Crippen MR) is 106 cm³/mol. The molecule has 0 bridgehead atoms. The zero-order valence-corrected chi connectivity index (χ0v) is 16.1. The van der Waals surface area contributed by atoms with Crippen LogP contribution in [0, 0.1) is 5.92 Å². The number of amides is 2. The number of rotatable bonds is 7. The summed E-state index contributed by atoms with van der Waals surface area (Å²) in [5.41, 5.74) is 0.539. The zero-order valence-electron chi connectivity index (χ0n) is 14.5. The largest absolute Gasteiger partial charge is 0.352 e. The van der Waals surface area contributed by atoms with Gasteiger partial charge in [0.25, 0.3) is 5.91 Å². The van der Waals surface area contributed by atoms with Crippen molar-refractivity contribution in [3.05, 3.63) is 57.2 Å². The normalized spacial score (nSPS) is 15.6. The highest BCUT2D eigenvalue weighted by Crippen LogP contribution is 2.37. The van der Waals surface area contributed by atoms with E-state index in [0.29, 0.717) is 23.0 Å². The van der Waals surface area contributed by atoms with Gasteiger partial charge in [-0.05, 0) is 54.5 Å². The fourth-order valence-electron chi connectivity index (χ4n) is 3.42. The van der Waals surface area contributed by atoms with Crippen LogP contribution in [-0.4, -0.2) is 18.4 Å². The smallest absolute Gasteiger partial charge is 0.251 e. The molecule has 0 aliphatic heterocycles. The molecule has 1 fully saturated rings. The van der Waals surface area contributed by atoms with E-state index in [1.165, 1.54) is 17.7 Å². The van der Waals surface area contributed by atoms with Gasteiger partial charge in [-0.15, -0.1) is 11.3 Å². The maximum absolute atomic E-state index is 12.4. The number of hydrogen-bond donors (Lipinski definition) is 2. The minimum Gasteiger partial charge on any atom is -0.352 e. The van der Waals surface area contributed by atoms with Crippen LogP contribution >= 0.6 is 22.9 Å². The molecule has 2 aromatic rings. The summed E-state index contributed by atoms with van der Waals surface area (Å²) in [7, 11) is 0. The van der Waals surface area contributed by atoms with E-state index < -0.39 is 0 Å². The van der Waals surface area contributed by atoms with Crippen molar-refractivity contribution in [1.29, 1.82) is 0 Å². The SMILES string of the molecule is O=C(CCNC(=O)c1ccc(Cl)cc1)NC(c1cccs1)C1CCCC1. The first-order chi connectivity index (χ1) is 12.6. The first kappa shape index (κ1) is 18.9. The Hall–Kier alpha value is -1.85. The lowest BCUT2D eigenvalue weighted by Gasteiger charge is -2.24. The lowest BCUT2D eigenvalue weighted by molar-refractivity contribution is -0.122. The van der Waals surface area contributed by atoms with Crippen molar-refractivity contribution >= 4 is 34.8 Å². The van der Waals surface area contributed by atoms with Crippen LogP contribution in [0.2, 0.25) is 5.02 Å². The monoisotopic (exact) mass is 390 g/mol. The van der Waals surface area contributed by atoms with Crippen LogP contribution < -0.4 is 10.6 Å². The van der Waals surface area contributed by atoms with Gasteiger partial charge in [-0.1, -0.05) is 30.5 Å². The molecule has 1 aliphatic carbocycles. The van der Waals surface area contributed by atoms with Gasteiger partial charge in [0.2, 0.25) is 5.91 Å². The van der Waals surface area contributed by atoms with Gasteiger partial charge in [-0.25, -0.2) is 0 Å². The molecule has 2 N–H and O–H groups in total. The Labute approximate surface area is 162 Å².